The summed E-state index contributed by atoms with van der Waals surface area (Å²) in [5.41, 5.74) is 2.06. The van der Waals surface area contributed by atoms with Crippen molar-refractivity contribution >= 4 is 44.8 Å². The maximum absolute atomic E-state index is 13.0. The molecule has 9 heteroatoms. The number of para-hydroxylation sites is 1. The van der Waals surface area contributed by atoms with E-state index in [9.17, 15) is 18.0 Å². The van der Waals surface area contributed by atoms with Gasteiger partial charge in [0, 0.05) is 6.04 Å². The summed E-state index contributed by atoms with van der Waals surface area (Å²) in [5.74, 6) is -0.740. The second-order valence-corrected chi connectivity index (χ2v) is 11.0. The van der Waals surface area contributed by atoms with Crippen molar-refractivity contribution in [2.75, 3.05) is 10.0 Å². The Morgan fingerprint density at radius 1 is 0.861 bits per heavy atom. The maximum atomic E-state index is 13.0. The van der Waals surface area contributed by atoms with Gasteiger partial charge >= 0.3 is 0 Å². The van der Waals surface area contributed by atoms with Crippen LogP contribution in [0.2, 0.25) is 5.02 Å². The number of hydrogen-bond acceptors (Lipinski definition) is 4. The molecule has 1 saturated carbocycles. The molecule has 0 bridgehead atoms. The van der Waals surface area contributed by atoms with E-state index in [0.29, 0.717) is 11.3 Å². The zero-order chi connectivity index (χ0) is 25.7. The van der Waals surface area contributed by atoms with E-state index in [0.717, 1.165) is 31.2 Å². The molecule has 0 atom stereocenters. The minimum absolute atomic E-state index is 0.0701. The van der Waals surface area contributed by atoms with E-state index < -0.39 is 15.9 Å². The second-order valence-electron chi connectivity index (χ2n) is 8.92. The summed E-state index contributed by atoms with van der Waals surface area (Å²) in [6.07, 6.45) is 5.29. The van der Waals surface area contributed by atoms with Crippen LogP contribution < -0.4 is 15.4 Å². The Morgan fingerprint density at radius 3 is 2.25 bits per heavy atom. The van der Waals surface area contributed by atoms with Crippen LogP contribution in [0.5, 0.6) is 0 Å². The molecule has 188 valence electrons. The van der Waals surface area contributed by atoms with Crippen LogP contribution in [0.1, 0.15) is 58.4 Å². The molecule has 0 radical (unpaired) electrons. The summed E-state index contributed by atoms with van der Waals surface area (Å²) in [5, 5.41) is 5.90. The molecular weight excluding hydrogens is 498 g/mol. The molecule has 3 aromatic rings. The molecule has 1 aliphatic rings. The summed E-state index contributed by atoms with van der Waals surface area (Å²) >= 11 is 6.34. The standard InChI is InChI=1S/C27H28ClN3O4S/c1-18-11-14-21(15-12-18)36(34,35)31-20-13-16-22(24(28)17-20)26(32)30-25-10-6-5-9-23(25)27(33)29-19-7-3-2-4-8-19/h5-6,9-17,19,31H,2-4,7-8H2,1H3,(H,29,33)(H,30,32). The third-order valence-corrected chi connectivity index (χ3v) is 7.87. The van der Waals surface area contributed by atoms with Crippen molar-refractivity contribution in [1.29, 1.82) is 0 Å². The molecule has 0 heterocycles. The van der Waals surface area contributed by atoms with E-state index in [1.54, 1.807) is 36.4 Å². The Hall–Kier alpha value is -3.36. The molecule has 0 aliphatic heterocycles. The zero-order valence-corrected chi connectivity index (χ0v) is 21.5. The molecule has 4 rings (SSSR count). The fraction of sp³-hybridized carbons (Fsp3) is 0.259. The van der Waals surface area contributed by atoms with Gasteiger partial charge in [-0.05, 0) is 62.2 Å². The molecule has 36 heavy (non-hydrogen) atoms. The van der Waals surface area contributed by atoms with Crippen molar-refractivity contribution in [1.82, 2.24) is 5.32 Å². The van der Waals surface area contributed by atoms with E-state index >= 15 is 0 Å². The van der Waals surface area contributed by atoms with E-state index in [-0.39, 0.29) is 33.1 Å². The predicted molar refractivity (Wildman–Crippen MR) is 142 cm³/mol. The number of nitrogens with one attached hydrogen (secondary N) is 3. The highest BCUT2D eigenvalue weighted by atomic mass is 35.5. The van der Waals surface area contributed by atoms with Crippen molar-refractivity contribution < 1.29 is 18.0 Å². The Bertz CT molecular complexity index is 1370. The highest BCUT2D eigenvalue weighted by molar-refractivity contribution is 7.92. The number of aryl methyl sites for hydroxylation is 1. The van der Waals surface area contributed by atoms with Gasteiger partial charge in [0.25, 0.3) is 21.8 Å². The van der Waals surface area contributed by atoms with Crippen LogP contribution in [0.25, 0.3) is 0 Å². The molecule has 1 aliphatic carbocycles. The first kappa shape index (κ1) is 25.7. The van der Waals surface area contributed by atoms with Gasteiger partial charge in [-0.3, -0.25) is 14.3 Å². The van der Waals surface area contributed by atoms with Gasteiger partial charge in [0.1, 0.15) is 0 Å². The largest absolute Gasteiger partial charge is 0.349 e. The summed E-state index contributed by atoms with van der Waals surface area (Å²) in [6.45, 7) is 1.87. The fourth-order valence-electron chi connectivity index (χ4n) is 4.18. The van der Waals surface area contributed by atoms with Gasteiger partial charge in [0.05, 0.1) is 32.4 Å². The summed E-state index contributed by atoms with van der Waals surface area (Å²) in [4.78, 5) is 26.0. The van der Waals surface area contributed by atoms with Gasteiger partial charge in [0.15, 0.2) is 0 Å². The minimum atomic E-state index is -3.81. The number of rotatable bonds is 7. The van der Waals surface area contributed by atoms with Gasteiger partial charge in [-0.25, -0.2) is 8.42 Å². The third kappa shape index (κ3) is 6.25. The molecule has 0 spiro atoms. The van der Waals surface area contributed by atoms with Crippen LogP contribution in [0.3, 0.4) is 0 Å². The third-order valence-electron chi connectivity index (χ3n) is 6.16. The number of hydrogen-bond donors (Lipinski definition) is 3. The number of anilines is 2. The highest BCUT2D eigenvalue weighted by Gasteiger charge is 2.21. The number of carbonyl (C=O) groups excluding carboxylic acids is 2. The lowest BCUT2D eigenvalue weighted by atomic mass is 9.95. The molecule has 3 aromatic carbocycles. The lowest BCUT2D eigenvalue weighted by molar-refractivity contribution is 0.0928. The van der Waals surface area contributed by atoms with Crippen LogP contribution >= 0.6 is 11.6 Å². The first-order valence-corrected chi connectivity index (χ1v) is 13.7. The van der Waals surface area contributed by atoms with Crippen LogP contribution in [-0.4, -0.2) is 26.3 Å². The number of benzene rings is 3. The first-order chi connectivity index (χ1) is 17.2. The first-order valence-electron chi connectivity index (χ1n) is 11.8. The molecule has 3 N–H and O–H groups in total. The Kier molecular flexibility index (Phi) is 7.96. The van der Waals surface area contributed by atoms with E-state index in [1.807, 2.05) is 6.92 Å². The zero-order valence-electron chi connectivity index (χ0n) is 19.9. The topological polar surface area (TPSA) is 104 Å². The Labute approximate surface area is 216 Å². The Morgan fingerprint density at radius 2 is 1.56 bits per heavy atom. The summed E-state index contributed by atoms with van der Waals surface area (Å²) in [7, 11) is -3.81. The molecule has 0 saturated heterocycles. The average molecular weight is 526 g/mol. The SMILES string of the molecule is Cc1ccc(S(=O)(=O)Nc2ccc(C(=O)Nc3ccccc3C(=O)NC3CCCCC3)c(Cl)c2)cc1. The average Bonchev–Trinajstić information content (AvgIpc) is 2.85. The van der Waals surface area contributed by atoms with Crippen molar-refractivity contribution in [3.63, 3.8) is 0 Å². The van der Waals surface area contributed by atoms with Crippen LogP contribution in [-0.2, 0) is 10.0 Å². The lowest BCUT2D eigenvalue weighted by Gasteiger charge is -2.23. The van der Waals surface area contributed by atoms with Crippen LogP contribution in [0.15, 0.2) is 71.6 Å². The smallest absolute Gasteiger partial charge is 0.261 e. The Balaban J connectivity index is 1.47. The van der Waals surface area contributed by atoms with Crippen molar-refractivity contribution in [3.05, 3.63) is 88.4 Å². The van der Waals surface area contributed by atoms with Gasteiger partial charge in [-0.1, -0.05) is 60.7 Å². The molecule has 1 fully saturated rings. The minimum Gasteiger partial charge on any atom is -0.349 e. The van der Waals surface area contributed by atoms with Crippen molar-refractivity contribution in [2.45, 2.75) is 50.0 Å². The van der Waals surface area contributed by atoms with Crippen LogP contribution in [0, 0.1) is 6.92 Å². The normalized spacial score (nSPS) is 14.2. The number of amides is 2. The highest BCUT2D eigenvalue weighted by Crippen LogP contribution is 2.26. The lowest BCUT2D eigenvalue weighted by Crippen LogP contribution is -2.36. The monoisotopic (exact) mass is 525 g/mol. The molecule has 0 unspecified atom stereocenters. The van der Waals surface area contributed by atoms with Crippen molar-refractivity contribution in [3.8, 4) is 0 Å². The van der Waals surface area contributed by atoms with Gasteiger partial charge in [-0.15, -0.1) is 0 Å². The molecular formula is C27H28ClN3O4S. The quantitative estimate of drug-likeness (QED) is 0.364. The van der Waals surface area contributed by atoms with E-state index in [4.69, 9.17) is 11.6 Å². The van der Waals surface area contributed by atoms with E-state index in [1.165, 1.54) is 36.8 Å². The van der Waals surface area contributed by atoms with E-state index in [2.05, 4.69) is 15.4 Å². The summed E-state index contributed by atoms with van der Waals surface area (Å²) in [6, 6.07) is 17.7. The number of sulfonamides is 1. The summed E-state index contributed by atoms with van der Waals surface area (Å²) < 4.78 is 27.8. The van der Waals surface area contributed by atoms with Crippen LogP contribution in [0.4, 0.5) is 11.4 Å². The number of carbonyl (C=O) groups is 2. The predicted octanol–water partition coefficient (Wildman–Crippen LogP) is 5.76. The van der Waals surface area contributed by atoms with Gasteiger partial charge < -0.3 is 10.6 Å². The van der Waals surface area contributed by atoms with Gasteiger partial charge in [-0.2, -0.15) is 0 Å². The maximum Gasteiger partial charge on any atom is 0.261 e. The number of halogens is 1. The molecule has 7 nitrogen and oxygen atoms in total. The fourth-order valence-corrected chi connectivity index (χ4v) is 5.50. The molecule has 2 amide bonds. The second kappa shape index (κ2) is 11.1. The molecule has 0 aromatic heterocycles. The van der Waals surface area contributed by atoms with Gasteiger partial charge in [0.2, 0.25) is 0 Å². The van der Waals surface area contributed by atoms with Crippen molar-refractivity contribution in [2.24, 2.45) is 0 Å².